The number of halogens is 1. The zero-order valence-electron chi connectivity index (χ0n) is 11.9. The summed E-state index contributed by atoms with van der Waals surface area (Å²) in [5.41, 5.74) is 1.05. The van der Waals surface area contributed by atoms with E-state index in [1.54, 1.807) is 17.0 Å². The SMILES string of the molecule is CCC(CN1CCOCC1)n1c(=O)n(Br)c2nccnc21. The third-order valence-electron chi connectivity index (χ3n) is 3.86. The minimum atomic E-state index is -0.128. The Morgan fingerprint density at radius 2 is 1.95 bits per heavy atom. The number of aromatic nitrogens is 4. The molecule has 0 amide bonds. The van der Waals surface area contributed by atoms with Gasteiger partial charge in [0.2, 0.25) is 0 Å². The van der Waals surface area contributed by atoms with Crippen molar-refractivity contribution in [1.29, 1.82) is 0 Å². The van der Waals surface area contributed by atoms with Gasteiger partial charge in [-0.1, -0.05) is 6.92 Å². The summed E-state index contributed by atoms with van der Waals surface area (Å²) in [5, 5.41) is 0. The minimum Gasteiger partial charge on any atom is -0.379 e. The first-order valence-corrected chi connectivity index (χ1v) is 7.83. The fraction of sp³-hybridized carbons (Fsp3) is 0.615. The average molecular weight is 356 g/mol. The zero-order valence-corrected chi connectivity index (χ0v) is 13.5. The lowest BCUT2D eigenvalue weighted by molar-refractivity contribution is 0.0312. The maximum absolute atomic E-state index is 12.5. The number of morpholine rings is 1. The Kier molecular flexibility index (Phi) is 4.37. The van der Waals surface area contributed by atoms with Crippen LogP contribution in [0.4, 0.5) is 0 Å². The van der Waals surface area contributed by atoms with Crippen molar-refractivity contribution in [1.82, 2.24) is 23.0 Å². The molecule has 1 fully saturated rings. The highest BCUT2D eigenvalue weighted by Gasteiger charge is 2.23. The molecule has 1 atom stereocenters. The van der Waals surface area contributed by atoms with E-state index in [4.69, 9.17) is 4.74 Å². The molecule has 1 saturated heterocycles. The molecule has 1 aliphatic rings. The number of ether oxygens (including phenoxy) is 1. The van der Waals surface area contributed by atoms with Gasteiger partial charge in [-0.3, -0.25) is 9.47 Å². The summed E-state index contributed by atoms with van der Waals surface area (Å²) in [6.45, 7) is 6.23. The molecule has 0 saturated carbocycles. The number of hydrogen-bond donors (Lipinski definition) is 0. The number of hydrogen-bond acceptors (Lipinski definition) is 5. The molecule has 0 bridgehead atoms. The topological polar surface area (TPSA) is 65.2 Å². The third kappa shape index (κ3) is 2.75. The highest BCUT2D eigenvalue weighted by atomic mass is 79.9. The quantitative estimate of drug-likeness (QED) is 0.819. The van der Waals surface area contributed by atoms with Crippen molar-refractivity contribution in [2.24, 2.45) is 0 Å². The molecule has 7 nitrogen and oxygen atoms in total. The van der Waals surface area contributed by atoms with Crippen molar-refractivity contribution in [2.75, 3.05) is 32.8 Å². The normalized spacial score (nSPS) is 18.2. The van der Waals surface area contributed by atoms with Gasteiger partial charge < -0.3 is 4.74 Å². The predicted molar refractivity (Wildman–Crippen MR) is 82.7 cm³/mol. The molecule has 0 aromatic carbocycles. The lowest BCUT2D eigenvalue weighted by Crippen LogP contribution is -2.41. The van der Waals surface area contributed by atoms with Crippen molar-refractivity contribution in [3.63, 3.8) is 0 Å². The van der Waals surface area contributed by atoms with Gasteiger partial charge in [0, 0.05) is 32.0 Å². The second-order valence-electron chi connectivity index (χ2n) is 5.11. The molecule has 3 rings (SSSR count). The van der Waals surface area contributed by atoms with E-state index in [2.05, 4.69) is 37.9 Å². The van der Waals surface area contributed by atoms with Crippen LogP contribution in [-0.4, -0.2) is 55.9 Å². The van der Waals surface area contributed by atoms with Crippen LogP contribution in [-0.2, 0) is 4.74 Å². The van der Waals surface area contributed by atoms with Crippen molar-refractivity contribution >= 4 is 27.4 Å². The monoisotopic (exact) mass is 355 g/mol. The van der Waals surface area contributed by atoms with Crippen LogP contribution in [0.1, 0.15) is 19.4 Å². The van der Waals surface area contributed by atoms with Gasteiger partial charge in [0.1, 0.15) is 0 Å². The summed E-state index contributed by atoms with van der Waals surface area (Å²) in [5.74, 6) is 0. The molecule has 0 aliphatic carbocycles. The van der Waals surface area contributed by atoms with Crippen LogP contribution >= 0.6 is 16.1 Å². The largest absolute Gasteiger partial charge is 0.379 e. The first-order chi connectivity index (χ1) is 10.2. The van der Waals surface area contributed by atoms with Crippen LogP contribution in [0.5, 0.6) is 0 Å². The third-order valence-corrected chi connectivity index (χ3v) is 4.50. The lowest BCUT2D eigenvalue weighted by atomic mass is 10.2. The van der Waals surface area contributed by atoms with Gasteiger partial charge in [-0.15, -0.1) is 0 Å². The molecule has 2 aromatic heterocycles. The van der Waals surface area contributed by atoms with E-state index in [9.17, 15) is 4.79 Å². The van der Waals surface area contributed by atoms with E-state index in [0.717, 1.165) is 39.3 Å². The average Bonchev–Trinajstić information content (AvgIpc) is 2.78. The lowest BCUT2D eigenvalue weighted by Gasteiger charge is -2.30. The van der Waals surface area contributed by atoms with Crippen molar-refractivity contribution in [2.45, 2.75) is 19.4 Å². The number of rotatable bonds is 4. The molecule has 8 heteroatoms. The van der Waals surface area contributed by atoms with Gasteiger partial charge >= 0.3 is 5.69 Å². The summed E-state index contributed by atoms with van der Waals surface area (Å²) >= 11 is 3.27. The first-order valence-electron chi connectivity index (χ1n) is 7.12. The van der Waals surface area contributed by atoms with E-state index < -0.39 is 0 Å². The van der Waals surface area contributed by atoms with Crippen LogP contribution in [0.25, 0.3) is 11.3 Å². The molecule has 114 valence electrons. The standard InChI is InChI=1S/C13H18BrN5O2/c1-2-10(9-17-5-7-21-8-6-17)18-11-12(16-4-3-15-11)19(14)13(18)20/h3-4,10H,2,5-9H2,1H3. The Balaban J connectivity index is 1.96. The van der Waals surface area contributed by atoms with Gasteiger partial charge in [0.25, 0.3) is 0 Å². The molecular weight excluding hydrogens is 338 g/mol. The van der Waals surface area contributed by atoms with E-state index in [-0.39, 0.29) is 11.7 Å². The summed E-state index contributed by atoms with van der Waals surface area (Å²) in [4.78, 5) is 23.4. The summed E-state index contributed by atoms with van der Waals surface area (Å²) < 4.78 is 8.50. The molecule has 1 unspecified atom stereocenters. The Bertz CT molecular complexity index is 677. The highest BCUT2D eigenvalue weighted by molar-refractivity contribution is 9.08. The molecule has 0 radical (unpaired) electrons. The van der Waals surface area contributed by atoms with Crippen LogP contribution < -0.4 is 5.69 Å². The van der Waals surface area contributed by atoms with Crippen LogP contribution in [0.3, 0.4) is 0 Å². The molecule has 0 spiro atoms. The number of fused-ring (bicyclic) bond motifs is 1. The molecule has 3 heterocycles. The van der Waals surface area contributed by atoms with Gasteiger partial charge in [-0.2, -0.15) is 0 Å². The van der Waals surface area contributed by atoms with Gasteiger partial charge in [0.05, 0.1) is 35.4 Å². The van der Waals surface area contributed by atoms with Gasteiger partial charge in [-0.05, 0) is 6.42 Å². The fourth-order valence-electron chi connectivity index (χ4n) is 2.71. The predicted octanol–water partition coefficient (Wildman–Crippen LogP) is 1.03. The van der Waals surface area contributed by atoms with Gasteiger partial charge in [-0.25, -0.2) is 18.4 Å². The van der Waals surface area contributed by atoms with E-state index in [0.29, 0.717) is 11.3 Å². The van der Waals surface area contributed by atoms with E-state index >= 15 is 0 Å². The summed E-state index contributed by atoms with van der Waals surface area (Å²) in [7, 11) is 0. The summed E-state index contributed by atoms with van der Waals surface area (Å²) in [6.07, 6.45) is 4.07. The van der Waals surface area contributed by atoms with Crippen molar-refractivity contribution in [3.05, 3.63) is 22.9 Å². The van der Waals surface area contributed by atoms with E-state index in [1.165, 1.54) is 3.59 Å². The maximum Gasteiger partial charge on any atom is 0.342 e. The summed E-state index contributed by atoms with van der Waals surface area (Å²) in [6, 6.07) is 0.0774. The van der Waals surface area contributed by atoms with Crippen LogP contribution in [0.15, 0.2) is 17.2 Å². The second kappa shape index (κ2) is 6.25. The number of nitrogens with zero attached hydrogens (tertiary/aromatic N) is 5. The molecule has 0 N–H and O–H groups in total. The Morgan fingerprint density at radius 1 is 1.29 bits per heavy atom. The molecule has 21 heavy (non-hydrogen) atoms. The fourth-order valence-corrected chi connectivity index (χ4v) is 3.13. The molecule has 2 aromatic rings. The van der Waals surface area contributed by atoms with Gasteiger partial charge in [0.15, 0.2) is 11.3 Å². The smallest absolute Gasteiger partial charge is 0.342 e. The Labute approximate surface area is 130 Å². The second-order valence-corrected chi connectivity index (χ2v) is 5.82. The first kappa shape index (κ1) is 14.7. The van der Waals surface area contributed by atoms with Crippen molar-refractivity contribution in [3.8, 4) is 0 Å². The molecule has 1 aliphatic heterocycles. The highest BCUT2D eigenvalue weighted by Crippen LogP contribution is 2.18. The van der Waals surface area contributed by atoms with Crippen LogP contribution in [0, 0.1) is 0 Å². The Hall–Kier alpha value is -1.25. The Morgan fingerprint density at radius 3 is 2.62 bits per heavy atom. The maximum atomic E-state index is 12.5. The number of imidazole rings is 1. The van der Waals surface area contributed by atoms with Crippen LogP contribution in [0.2, 0.25) is 0 Å². The zero-order chi connectivity index (χ0) is 14.8. The van der Waals surface area contributed by atoms with Crippen molar-refractivity contribution < 1.29 is 4.74 Å². The van der Waals surface area contributed by atoms with E-state index in [1.807, 2.05) is 0 Å². The minimum absolute atomic E-state index is 0.0774. The molecular formula is C13H18BrN5O2.